The van der Waals surface area contributed by atoms with Crippen molar-refractivity contribution in [2.75, 3.05) is 5.32 Å². The first-order valence-corrected chi connectivity index (χ1v) is 9.00. The van der Waals surface area contributed by atoms with Crippen LogP contribution < -0.4 is 5.32 Å². The number of Topliss-reactive ketones (excluding diaryl/α,β-unsaturated/α-hetero) is 1. The summed E-state index contributed by atoms with van der Waals surface area (Å²) in [6.07, 6.45) is 3.48. The molecule has 0 saturated heterocycles. The first-order valence-electron chi connectivity index (χ1n) is 9.00. The monoisotopic (exact) mass is 348 g/mol. The number of rotatable bonds is 5. The van der Waals surface area contributed by atoms with E-state index in [1.807, 2.05) is 42.5 Å². The SMILES string of the molecule is CC(=N)c1ccc(NC(=O)c2ccc3c(c2)CCC(CC(C)=O)C3)cc1. The molecule has 4 heteroatoms. The number of carbonyl (C=O) groups excluding carboxylic acids is 2. The zero-order chi connectivity index (χ0) is 18.7. The van der Waals surface area contributed by atoms with Crippen LogP contribution in [0.15, 0.2) is 42.5 Å². The van der Waals surface area contributed by atoms with Crippen LogP contribution in [-0.4, -0.2) is 17.4 Å². The molecule has 1 atom stereocenters. The Labute approximate surface area is 154 Å². The third-order valence-corrected chi connectivity index (χ3v) is 4.95. The van der Waals surface area contributed by atoms with Crippen molar-refractivity contribution < 1.29 is 9.59 Å². The summed E-state index contributed by atoms with van der Waals surface area (Å²) in [5.41, 5.74) is 5.19. The molecule has 134 valence electrons. The van der Waals surface area contributed by atoms with Gasteiger partial charge in [-0.1, -0.05) is 18.2 Å². The van der Waals surface area contributed by atoms with Gasteiger partial charge in [-0.3, -0.25) is 4.79 Å². The number of amides is 1. The number of anilines is 1. The second-order valence-electron chi connectivity index (χ2n) is 7.15. The predicted molar refractivity (Wildman–Crippen MR) is 104 cm³/mol. The summed E-state index contributed by atoms with van der Waals surface area (Å²) in [7, 11) is 0. The van der Waals surface area contributed by atoms with Crippen molar-refractivity contribution in [3.8, 4) is 0 Å². The second kappa shape index (κ2) is 7.65. The van der Waals surface area contributed by atoms with Gasteiger partial charge in [0.05, 0.1) is 0 Å². The summed E-state index contributed by atoms with van der Waals surface area (Å²) in [6.45, 7) is 3.39. The summed E-state index contributed by atoms with van der Waals surface area (Å²) < 4.78 is 0. The summed E-state index contributed by atoms with van der Waals surface area (Å²) >= 11 is 0. The molecule has 1 unspecified atom stereocenters. The van der Waals surface area contributed by atoms with Crippen molar-refractivity contribution >= 4 is 23.1 Å². The Hall–Kier alpha value is -2.75. The molecule has 3 rings (SSSR count). The van der Waals surface area contributed by atoms with Gasteiger partial charge in [-0.25, -0.2) is 0 Å². The van der Waals surface area contributed by atoms with Gasteiger partial charge < -0.3 is 15.5 Å². The number of hydrogen-bond donors (Lipinski definition) is 2. The fourth-order valence-corrected chi connectivity index (χ4v) is 3.56. The fraction of sp³-hybridized carbons (Fsp3) is 0.318. The molecule has 1 amide bonds. The zero-order valence-corrected chi connectivity index (χ0v) is 15.3. The Bertz CT molecular complexity index is 853. The highest BCUT2D eigenvalue weighted by atomic mass is 16.1. The molecule has 0 aliphatic heterocycles. The Kier molecular flexibility index (Phi) is 5.31. The van der Waals surface area contributed by atoms with Crippen LogP contribution in [0.25, 0.3) is 0 Å². The van der Waals surface area contributed by atoms with E-state index in [2.05, 4.69) is 5.32 Å². The van der Waals surface area contributed by atoms with Crippen molar-refractivity contribution in [2.24, 2.45) is 5.92 Å². The van der Waals surface area contributed by atoms with Crippen LogP contribution in [0, 0.1) is 11.3 Å². The lowest BCUT2D eigenvalue weighted by Crippen LogP contribution is -2.18. The Morgan fingerprint density at radius 3 is 2.38 bits per heavy atom. The van der Waals surface area contributed by atoms with E-state index in [-0.39, 0.29) is 11.7 Å². The average Bonchev–Trinajstić information content (AvgIpc) is 2.61. The van der Waals surface area contributed by atoms with Crippen molar-refractivity contribution in [3.05, 3.63) is 64.7 Å². The van der Waals surface area contributed by atoms with Gasteiger partial charge in [0.2, 0.25) is 0 Å². The van der Waals surface area contributed by atoms with E-state index < -0.39 is 0 Å². The van der Waals surface area contributed by atoms with Crippen molar-refractivity contribution in [1.82, 2.24) is 0 Å². The van der Waals surface area contributed by atoms with Gasteiger partial charge in [0.1, 0.15) is 5.78 Å². The summed E-state index contributed by atoms with van der Waals surface area (Å²) in [5.74, 6) is 0.548. The minimum absolute atomic E-state index is 0.127. The van der Waals surface area contributed by atoms with Gasteiger partial charge in [-0.2, -0.15) is 0 Å². The molecule has 0 spiro atoms. The summed E-state index contributed by atoms with van der Waals surface area (Å²) in [4.78, 5) is 23.9. The van der Waals surface area contributed by atoms with Gasteiger partial charge in [0.15, 0.2) is 0 Å². The lowest BCUT2D eigenvalue weighted by atomic mass is 9.81. The van der Waals surface area contributed by atoms with E-state index in [1.54, 1.807) is 13.8 Å². The predicted octanol–water partition coefficient (Wildman–Crippen LogP) is 4.41. The zero-order valence-electron chi connectivity index (χ0n) is 15.3. The number of nitrogens with one attached hydrogen (secondary N) is 2. The van der Waals surface area contributed by atoms with Crippen LogP contribution >= 0.6 is 0 Å². The maximum Gasteiger partial charge on any atom is 0.255 e. The number of fused-ring (bicyclic) bond motifs is 1. The second-order valence-corrected chi connectivity index (χ2v) is 7.15. The number of aryl methyl sites for hydroxylation is 1. The topological polar surface area (TPSA) is 70.0 Å². The van der Waals surface area contributed by atoms with Gasteiger partial charge >= 0.3 is 0 Å². The van der Waals surface area contributed by atoms with E-state index in [1.165, 1.54) is 11.1 Å². The highest BCUT2D eigenvalue weighted by molar-refractivity contribution is 6.04. The molecule has 2 N–H and O–H groups in total. The minimum Gasteiger partial charge on any atom is -0.322 e. The molecule has 0 radical (unpaired) electrons. The van der Waals surface area contributed by atoms with Crippen molar-refractivity contribution in [2.45, 2.75) is 39.5 Å². The van der Waals surface area contributed by atoms with Gasteiger partial charge in [-0.05, 0) is 80.0 Å². The van der Waals surface area contributed by atoms with E-state index in [0.717, 1.165) is 30.5 Å². The Morgan fingerprint density at radius 2 is 1.73 bits per heavy atom. The smallest absolute Gasteiger partial charge is 0.255 e. The van der Waals surface area contributed by atoms with Crippen LogP contribution in [0.1, 0.15) is 53.7 Å². The number of benzene rings is 2. The first-order chi connectivity index (χ1) is 12.4. The number of carbonyl (C=O) groups is 2. The Balaban J connectivity index is 1.69. The van der Waals surface area contributed by atoms with E-state index >= 15 is 0 Å². The molecule has 26 heavy (non-hydrogen) atoms. The molecule has 1 aliphatic rings. The standard InChI is InChI=1S/C22H24N2O2/c1-14(25)11-16-3-4-19-13-20(6-5-18(19)12-16)22(26)24-21-9-7-17(8-10-21)15(2)23/h5-10,13,16,23H,3-4,11-12H2,1-2H3,(H,24,26). The lowest BCUT2D eigenvalue weighted by Gasteiger charge is -2.24. The van der Waals surface area contributed by atoms with Crippen molar-refractivity contribution in [3.63, 3.8) is 0 Å². The molecule has 4 nitrogen and oxygen atoms in total. The third-order valence-electron chi connectivity index (χ3n) is 4.95. The molecule has 0 saturated carbocycles. The third kappa shape index (κ3) is 4.26. The molecule has 0 aromatic heterocycles. The lowest BCUT2D eigenvalue weighted by molar-refractivity contribution is -0.117. The van der Waals surface area contributed by atoms with E-state index in [4.69, 9.17) is 5.41 Å². The first kappa shape index (κ1) is 18.1. The quantitative estimate of drug-likeness (QED) is 0.786. The largest absolute Gasteiger partial charge is 0.322 e. The van der Waals surface area contributed by atoms with Gasteiger partial charge in [0, 0.05) is 23.4 Å². The van der Waals surface area contributed by atoms with Crippen LogP contribution in [-0.2, 0) is 17.6 Å². The number of hydrogen-bond acceptors (Lipinski definition) is 3. The molecule has 2 aromatic rings. The summed E-state index contributed by atoms with van der Waals surface area (Å²) in [6, 6.07) is 13.2. The van der Waals surface area contributed by atoms with Crippen LogP contribution in [0.5, 0.6) is 0 Å². The normalized spacial score (nSPS) is 15.8. The maximum atomic E-state index is 12.5. The van der Waals surface area contributed by atoms with Gasteiger partial charge in [0.25, 0.3) is 5.91 Å². The molecule has 1 aliphatic carbocycles. The van der Waals surface area contributed by atoms with Crippen molar-refractivity contribution in [1.29, 1.82) is 5.41 Å². The van der Waals surface area contributed by atoms with Crippen LogP contribution in [0.4, 0.5) is 5.69 Å². The highest BCUT2D eigenvalue weighted by Crippen LogP contribution is 2.28. The molecule has 0 heterocycles. The molecule has 2 aromatic carbocycles. The average molecular weight is 348 g/mol. The van der Waals surface area contributed by atoms with Crippen LogP contribution in [0.2, 0.25) is 0 Å². The molecule has 0 bridgehead atoms. The van der Waals surface area contributed by atoms with E-state index in [0.29, 0.717) is 23.6 Å². The number of ketones is 1. The fourth-order valence-electron chi connectivity index (χ4n) is 3.56. The molecule has 0 fully saturated rings. The summed E-state index contributed by atoms with van der Waals surface area (Å²) in [5, 5.41) is 10.5. The minimum atomic E-state index is -0.127. The molecular formula is C22H24N2O2. The highest BCUT2D eigenvalue weighted by Gasteiger charge is 2.21. The van der Waals surface area contributed by atoms with E-state index in [9.17, 15) is 9.59 Å². The maximum absolute atomic E-state index is 12.5. The Morgan fingerprint density at radius 1 is 1.04 bits per heavy atom. The van der Waals surface area contributed by atoms with Gasteiger partial charge in [-0.15, -0.1) is 0 Å². The van der Waals surface area contributed by atoms with Crippen LogP contribution in [0.3, 0.4) is 0 Å². The molecular weight excluding hydrogens is 324 g/mol.